The Balaban J connectivity index is 1.66. The van der Waals surface area contributed by atoms with Crippen LogP contribution in [0.25, 0.3) is 16.7 Å². The molecule has 8 nitrogen and oxygen atoms in total. The summed E-state index contributed by atoms with van der Waals surface area (Å²) >= 11 is 0. The zero-order valence-electron chi connectivity index (χ0n) is 17.5. The first-order chi connectivity index (χ1) is 15.1. The van der Waals surface area contributed by atoms with Crippen LogP contribution in [0.2, 0.25) is 0 Å². The lowest BCUT2D eigenvalue weighted by Crippen LogP contribution is -2.41. The van der Waals surface area contributed by atoms with Crippen molar-refractivity contribution in [2.75, 3.05) is 6.61 Å². The first-order valence-electron chi connectivity index (χ1n) is 11.1. The number of carbonyl (C=O) groups is 1. The Labute approximate surface area is 179 Å². The van der Waals surface area contributed by atoms with E-state index in [2.05, 4.69) is 10.3 Å². The highest BCUT2D eigenvalue weighted by atomic mass is 16.5. The van der Waals surface area contributed by atoms with Crippen LogP contribution in [0.4, 0.5) is 0 Å². The third-order valence-electron chi connectivity index (χ3n) is 6.41. The zero-order valence-corrected chi connectivity index (χ0v) is 17.5. The molecule has 5 rings (SSSR count). The van der Waals surface area contributed by atoms with Crippen LogP contribution in [-0.2, 0) is 11.3 Å². The Morgan fingerprint density at radius 2 is 2.03 bits per heavy atom. The van der Waals surface area contributed by atoms with Crippen molar-refractivity contribution in [1.82, 2.24) is 19.3 Å². The molecule has 4 heterocycles. The number of rotatable bonds is 4. The maximum atomic E-state index is 13.2. The number of ether oxygens (including phenoxy) is 1. The Morgan fingerprint density at radius 3 is 2.81 bits per heavy atom. The molecular formula is C23H27N5O3. The van der Waals surface area contributed by atoms with Crippen LogP contribution >= 0.6 is 0 Å². The topological polar surface area (TPSA) is 101 Å². The molecule has 0 aromatic carbocycles. The Hall–Kier alpha value is -3.00. The van der Waals surface area contributed by atoms with Crippen LogP contribution in [0, 0.1) is 5.41 Å². The van der Waals surface area contributed by atoms with E-state index in [-0.39, 0.29) is 34.7 Å². The van der Waals surface area contributed by atoms with Gasteiger partial charge in [-0.25, -0.2) is 4.98 Å². The summed E-state index contributed by atoms with van der Waals surface area (Å²) in [5, 5.41) is 12.2. The number of carbonyl (C=O) groups excluding carboxylic acids is 1. The van der Waals surface area contributed by atoms with Gasteiger partial charge in [-0.1, -0.05) is 25.3 Å². The van der Waals surface area contributed by atoms with Gasteiger partial charge >= 0.3 is 0 Å². The molecule has 0 unspecified atom stereocenters. The summed E-state index contributed by atoms with van der Waals surface area (Å²) in [5.41, 5.74) is 0.980. The number of hydrogen-bond donors (Lipinski definition) is 2. The molecule has 0 bridgehead atoms. The summed E-state index contributed by atoms with van der Waals surface area (Å²) in [6.45, 7) is 1.09. The van der Waals surface area contributed by atoms with Gasteiger partial charge < -0.3 is 14.6 Å². The summed E-state index contributed by atoms with van der Waals surface area (Å²) in [6, 6.07) is 7.03. The minimum Gasteiger partial charge on any atom is -0.376 e. The first kappa shape index (κ1) is 19.9. The summed E-state index contributed by atoms with van der Waals surface area (Å²) in [5.74, 6) is -0.294. The van der Waals surface area contributed by atoms with E-state index in [0.29, 0.717) is 29.8 Å². The summed E-state index contributed by atoms with van der Waals surface area (Å²) in [6.07, 6.45) is 8.79. The number of aromatic nitrogens is 3. The highest BCUT2D eigenvalue weighted by Gasteiger charge is 2.23. The van der Waals surface area contributed by atoms with E-state index in [9.17, 15) is 9.59 Å². The maximum Gasteiger partial charge on any atom is 0.267 e. The van der Waals surface area contributed by atoms with Gasteiger partial charge in [0, 0.05) is 18.8 Å². The quantitative estimate of drug-likeness (QED) is 0.632. The van der Waals surface area contributed by atoms with Crippen LogP contribution in [0.15, 0.2) is 35.3 Å². The average Bonchev–Trinajstić information content (AvgIpc) is 3.30. The van der Waals surface area contributed by atoms with E-state index in [0.717, 1.165) is 38.5 Å². The van der Waals surface area contributed by atoms with E-state index < -0.39 is 0 Å². The third-order valence-corrected chi connectivity index (χ3v) is 6.41. The summed E-state index contributed by atoms with van der Waals surface area (Å²) in [7, 11) is 0. The lowest BCUT2D eigenvalue weighted by molar-refractivity contribution is 0.0913. The fourth-order valence-electron chi connectivity index (χ4n) is 4.74. The van der Waals surface area contributed by atoms with Crippen LogP contribution in [0.1, 0.15) is 55.3 Å². The van der Waals surface area contributed by atoms with E-state index in [1.807, 2.05) is 6.07 Å². The summed E-state index contributed by atoms with van der Waals surface area (Å²) < 4.78 is 8.94. The van der Waals surface area contributed by atoms with Gasteiger partial charge in [0.05, 0.1) is 23.6 Å². The molecule has 1 aliphatic heterocycles. The fraction of sp³-hybridized carbons (Fsp3) is 0.478. The molecule has 1 aliphatic carbocycles. The third kappa shape index (κ3) is 3.76. The van der Waals surface area contributed by atoms with Crippen LogP contribution in [0.3, 0.4) is 0 Å². The largest absolute Gasteiger partial charge is 0.376 e. The molecule has 1 saturated carbocycles. The van der Waals surface area contributed by atoms with Crippen LogP contribution in [-0.4, -0.2) is 38.6 Å². The monoisotopic (exact) mass is 421 g/mol. The van der Waals surface area contributed by atoms with Crippen molar-refractivity contribution in [3.05, 3.63) is 51.9 Å². The molecule has 0 radical (unpaired) electrons. The second-order valence-electron chi connectivity index (χ2n) is 8.54. The molecule has 1 saturated heterocycles. The van der Waals surface area contributed by atoms with Crippen LogP contribution < -0.4 is 16.4 Å². The average molecular weight is 422 g/mol. The van der Waals surface area contributed by atoms with Crippen molar-refractivity contribution in [2.45, 2.75) is 63.6 Å². The van der Waals surface area contributed by atoms with Crippen molar-refractivity contribution in [3.63, 3.8) is 0 Å². The Morgan fingerprint density at radius 1 is 1.19 bits per heavy atom. The standard InChI is InChI=1S/C23H27N5O3/c24-20-17(22(29)25-15-7-2-1-3-8-15)13-18-21(28(20)14-16-9-6-12-31-16)26-19-10-4-5-11-27(19)23(18)30/h4-5,10-11,13,15-16,24H,1-3,6-9,12,14H2,(H,25,29)/t16-/m0/s1. The second-order valence-corrected chi connectivity index (χ2v) is 8.54. The first-order valence-corrected chi connectivity index (χ1v) is 11.1. The van der Waals surface area contributed by atoms with Gasteiger partial charge in [-0.2, -0.15) is 0 Å². The second kappa shape index (κ2) is 8.26. The van der Waals surface area contributed by atoms with Gasteiger partial charge in [0.25, 0.3) is 11.5 Å². The van der Waals surface area contributed by atoms with E-state index in [1.54, 1.807) is 22.9 Å². The predicted octanol–water partition coefficient (Wildman–Crippen LogP) is 2.37. The number of amides is 1. The fourth-order valence-corrected chi connectivity index (χ4v) is 4.74. The number of fused-ring (bicyclic) bond motifs is 2. The Bertz CT molecular complexity index is 1250. The molecule has 0 spiro atoms. The lowest BCUT2D eigenvalue weighted by atomic mass is 9.95. The van der Waals surface area contributed by atoms with Crippen molar-refractivity contribution in [2.24, 2.45) is 0 Å². The number of pyridine rings is 2. The molecule has 2 fully saturated rings. The minimum absolute atomic E-state index is 0.0509. The molecule has 162 valence electrons. The SMILES string of the molecule is N=c1c(C(=O)NC2CCCCC2)cc2c(=O)n3ccccc3nc2n1C[C@@H]1CCCO1. The normalized spacial score (nSPS) is 19.8. The van der Waals surface area contributed by atoms with Gasteiger partial charge in [0.15, 0.2) is 0 Å². The molecule has 1 atom stereocenters. The highest BCUT2D eigenvalue weighted by molar-refractivity contribution is 5.97. The molecule has 31 heavy (non-hydrogen) atoms. The summed E-state index contributed by atoms with van der Waals surface area (Å²) in [4.78, 5) is 31.1. The molecule has 3 aromatic heterocycles. The maximum absolute atomic E-state index is 13.2. The Kier molecular flexibility index (Phi) is 5.31. The number of nitrogens with zero attached hydrogens (tertiary/aromatic N) is 3. The van der Waals surface area contributed by atoms with E-state index >= 15 is 0 Å². The molecule has 8 heteroatoms. The van der Waals surface area contributed by atoms with Gasteiger partial charge in [-0.05, 0) is 43.9 Å². The molecular weight excluding hydrogens is 394 g/mol. The zero-order chi connectivity index (χ0) is 21.4. The molecule has 2 N–H and O–H groups in total. The smallest absolute Gasteiger partial charge is 0.267 e. The van der Waals surface area contributed by atoms with E-state index in [1.165, 1.54) is 16.9 Å². The minimum atomic E-state index is -0.294. The van der Waals surface area contributed by atoms with Gasteiger partial charge in [-0.3, -0.25) is 19.4 Å². The highest BCUT2D eigenvalue weighted by Crippen LogP contribution is 2.19. The van der Waals surface area contributed by atoms with Crippen molar-refractivity contribution in [1.29, 1.82) is 5.41 Å². The van der Waals surface area contributed by atoms with Crippen molar-refractivity contribution >= 4 is 22.6 Å². The number of hydrogen-bond acceptors (Lipinski definition) is 5. The predicted molar refractivity (Wildman–Crippen MR) is 116 cm³/mol. The van der Waals surface area contributed by atoms with Crippen molar-refractivity contribution < 1.29 is 9.53 Å². The van der Waals surface area contributed by atoms with Gasteiger partial charge in [-0.15, -0.1) is 0 Å². The molecule has 1 amide bonds. The molecule has 3 aromatic rings. The van der Waals surface area contributed by atoms with Crippen molar-refractivity contribution in [3.8, 4) is 0 Å². The van der Waals surface area contributed by atoms with E-state index in [4.69, 9.17) is 10.1 Å². The number of nitrogens with one attached hydrogen (secondary N) is 2. The van der Waals surface area contributed by atoms with Gasteiger partial charge in [0.2, 0.25) is 0 Å². The molecule has 2 aliphatic rings. The van der Waals surface area contributed by atoms with Crippen LogP contribution in [0.5, 0.6) is 0 Å². The van der Waals surface area contributed by atoms with Gasteiger partial charge in [0.1, 0.15) is 16.8 Å². The lowest BCUT2D eigenvalue weighted by Gasteiger charge is -2.23.